The molecule has 132 valence electrons. The SMILES string of the molecule is Cc1ccccc1CNc1ccccc1NC(=O)C1CN(C)CCO1. The van der Waals surface area contributed by atoms with E-state index in [0.717, 1.165) is 17.9 Å². The maximum atomic E-state index is 12.5. The lowest BCUT2D eigenvalue weighted by atomic mass is 10.1. The normalized spacial score (nSPS) is 17.9. The molecule has 1 atom stereocenters. The zero-order chi connectivity index (χ0) is 17.6. The van der Waals surface area contributed by atoms with E-state index in [1.807, 2.05) is 43.4 Å². The van der Waals surface area contributed by atoms with Gasteiger partial charge in [-0.15, -0.1) is 0 Å². The van der Waals surface area contributed by atoms with Crippen molar-refractivity contribution >= 4 is 17.3 Å². The number of nitrogens with one attached hydrogen (secondary N) is 2. The number of anilines is 2. The second-order valence-corrected chi connectivity index (χ2v) is 6.44. The summed E-state index contributed by atoms with van der Waals surface area (Å²) in [6, 6.07) is 16.0. The van der Waals surface area contributed by atoms with Crippen molar-refractivity contribution < 1.29 is 9.53 Å². The van der Waals surface area contributed by atoms with Crippen LogP contribution in [0.5, 0.6) is 0 Å². The number of para-hydroxylation sites is 2. The summed E-state index contributed by atoms with van der Waals surface area (Å²) in [5.74, 6) is -0.100. The molecular weight excluding hydrogens is 314 g/mol. The Morgan fingerprint density at radius 1 is 1.16 bits per heavy atom. The second-order valence-electron chi connectivity index (χ2n) is 6.44. The van der Waals surface area contributed by atoms with Crippen molar-refractivity contribution in [2.75, 3.05) is 37.4 Å². The lowest BCUT2D eigenvalue weighted by Crippen LogP contribution is -2.46. The summed E-state index contributed by atoms with van der Waals surface area (Å²) in [6.07, 6.45) is -0.428. The van der Waals surface area contributed by atoms with Crippen LogP contribution in [0.2, 0.25) is 0 Å². The Balaban J connectivity index is 1.66. The lowest BCUT2D eigenvalue weighted by molar-refractivity contribution is -0.132. The van der Waals surface area contributed by atoms with Gasteiger partial charge in [-0.05, 0) is 37.2 Å². The van der Waals surface area contributed by atoms with Gasteiger partial charge in [0.25, 0.3) is 5.91 Å². The number of amides is 1. The highest BCUT2D eigenvalue weighted by Crippen LogP contribution is 2.23. The van der Waals surface area contributed by atoms with E-state index in [0.29, 0.717) is 19.7 Å². The molecular formula is C20H25N3O2. The average Bonchev–Trinajstić information content (AvgIpc) is 2.62. The molecule has 5 heteroatoms. The number of nitrogens with zero attached hydrogens (tertiary/aromatic N) is 1. The molecule has 0 aliphatic carbocycles. The third-order valence-electron chi connectivity index (χ3n) is 4.48. The van der Waals surface area contributed by atoms with E-state index in [4.69, 9.17) is 4.74 Å². The van der Waals surface area contributed by atoms with Crippen molar-refractivity contribution in [1.29, 1.82) is 0 Å². The van der Waals surface area contributed by atoms with E-state index < -0.39 is 6.10 Å². The van der Waals surface area contributed by atoms with Gasteiger partial charge in [0.2, 0.25) is 0 Å². The molecule has 1 unspecified atom stereocenters. The van der Waals surface area contributed by atoms with Crippen LogP contribution in [0.4, 0.5) is 11.4 Å². The van der Waals surface area contributed by atoms with Crippen molar-refractivity contribution in [3.8, 4) is 0 Å². The first-order valence-corrected chi connectivity index (χ1v) is 8.62. The second kappa shape index (κ2) is 8.14. The molecule has 1 saturated heterocycles. The topological polar surface area (TPSA) is 53.6 Å². The van der Waals surface area contributed by atoms with Gasteiger partial charge >= 0.3 is 0 Å². The number of carbonyl (C=O) groups is 1. The summed E-state index contributed by atoms with van der Waals surface area (Å²) >= 11 is 0. The van der Waals surface area contributed by atoms with E-state index in [9.17, 15) is 4.79 Å². The van der Waals surface area contributed by atoms with Gasteiger partial charge in [0.1, 0.15) is 6.10 Å². The first-order valence-electron chi connectivity index (χ1n) is 8.62. The third-order valence-corrected chi connectivity index (χ3v) is 4.48. The number of ether oxygens (including phenoxy) is 1. The molecule has 0 saturated carbocycles. The Kier molecular flexibility index (Phi) is 5.68. The van der Waals surface area contributed by atoms with Crippen LogP contribution in [0.1, 0.15) is 11.1 Å². The largest absolute Gasteiger partial charge is 0.379 e. The van der Waals surface area contributed by atoms with Crippen molar-refractivity contribution in [1.82, 2.24) is 4.90 Å². The minimum atomic E-state index is -0.428. The maximum absolute atomic E-state index is 12.5. The Morgan fingerprint density at radius 3 is 2.64 bits per heavy atom. The van der Waals surface area contributed by atoms with Gasteiger partial charge in [0.15, 0.2) is 0 Å². The molecule has 2 aromatic rings. The Labute approximate surface area is 149 Å². The van der Waals surface area contributed by atoms with Crippen molar-refractivity contribution in [3.05, 3.63) is 59.7 Å². The highest BCUT2D eigenvalue weighted by atomic mass is 16.5. The fraction of sp³-hybridized carbons (Fsp3) is 0.350. The number of likely N-dealkylation sites (N-methyl/N-ethyl adjacent to an activating group) is 1. The fourth-order valence-corrected chi connectivity index (χ4v) is 2.89. The molecule has 1 aliphatic heterocycles. The molecule has 1 heterocycles. The van der Waals surface area contributed by atoms with Crippen molar-refractivity contribution in [2.24, 2.45) is 0 Å². The van der Waals surface area contributed by atoms with Gasteiger partial charge < -0.3 is 20.3 Å². The molecule has 1 aliphatic rings. The van der Waals surface area contributed by atoms with Gasteiger partial charge in [0, 0.05) is 19.6 Å². The van der Waals surface area contributed by atoms with Crippen LogP contribution >= 0.6 is 0 Å². The summed E-state index contributed by atoms with van der Waals surface area (Å²) in [6.45, 7) is 4.87. The highest BCUT2D eigenvalue weighted by Gasteiger charge is 2.25. The number of hydrogen-bond acceptors (Lipinski definition) is 4. The summed E-state index contributed by atoms with van der Waals surface area (Å²) in [4.78, 5) is 14.6. The zero-order valence-corrected chi connectivity index (χ0v) is 14.8. The molecule has 0 radical (unpaired) electrons. The molecule has 0 aromatic heterocycles. The standard InChI is InChI=1S/C20H25N3O2/c1-15-7-3-4-8-16(15)13-21-17-9-5-6-10-18(17)22-20(24)19-14-23(2)11-12-25-19/h3-10,19,21H,11-14H2,1-2H3,(H,22,24). The van der Waals surface area contributed by atoms with Crippen molar-refractivity contribution in [2.45, 2.75) is 19.6 Å². The number of aryl methyl sites for hydroxylation is 1. The Hall–Kier alpha value is -2.37. The quantitative estimate of drug-likeness (QED) is 0.879. The van der Waals surface area contributed by atoms with E-state index in [2.05, 4.69) is 34.6 Å². The lowest BCUT2D eigenvalue weighted by Gasteiger charge is -2.29. The monoisotopic (exact) mass is 339 g/mol. The van der Waals surface area contributed by atoms with Crippen LogP contribution in [0, 0.1) is 6.92 Å². The molecule has 0 bridgehead atoms. The molecule has 25 heavy (non-hydrogen) atoms. The zero-order valence-electron chi connectivity index (χ0n) is 14.8. The summed E-state index contributed by atoms with van der Waals surface area (Å²) in [5, 5.41) is 6.42. The molecule has 5 nitrogen and oxygen atoms in total. The Bertz CT molecular complexity index is 732. The van der Waals surface area contributed by atoms with E-state index in [1.54, 1.807) is 0 Å². The minimum absolute atomic E-state index is 0.100. The minimum Gasteiger partial charge on any atom is -0.379 e. The average molecular weight is 339 g/mol. The smallest absolute Gasteiger partial charge is 0.254 e. The van der Waals surface area contributed by atoms with Gasteiger partial charge in [-0.1, -0.05) is 36.4 Å². The van der Waals surface area contributed by atoms with Gasteiger partial charge in [-0.25, -0.2) is 0 Å². The van der Waals surface area contributed by atoms with Crippen LogP contribution in [0.15, 0.2) is 48.5 Å². The van der Waals surface area contributed by atoms with E-state index >= 15 is 0 Å². The number of benzene rings is 2. The molecule has 0 spiro atoms. The van der Waals surface area contributed by atoms with Crippen LogP contribution in [0.3, 0.4) is 0 Å². The van der Waals surface area contributed by atoms with Gasteiger partial charge in [-0.3, -0.25) is 4.79 Å². The van der Waals surface area contributed by atoms with Gasteiger partial charge in [-0.2, -0.15) is 0 Å². The van der Waals surface area contributed by atoms with Crippen LogP contribution in [0.25, 0.3) is 0 Å². The first kappa shape index (κ1) is 17.5. The Morgan fingerprint density at radius 2 is 1.88 bits per heavy atom. The molecule has 2 aromatic carbocycles. The predicted octanol–water partition coefficient (Wildman–Crippen LogP) is 2.88. The predicted molar refractivity (Wildman–Crippen MR) is 101 cm³/mol. The van der Waals surface area contributed by atoms with Crippen LogP contribution in [-0.4, -0.2) is 43.7 Å². The summed E-state index contributed by atoms with van der Waals surface area (Å²) < 4.78 is 5.59. The van der Waals surface area contributed by atoms with E-state index in [1.165, 1.54) is 11.1 Å². The summed E-state index contributed by atoms with van der Waals surface area (Å²) in [7, 11) is 2.00. The number of morpholine rings is 1. The first-order chi connectivity index (χ1) is 12.1. The maximum Gasteiger partial charge on any atom is 0.254 e. The van der Waals surface area contributed by atoms with Crippen LogP contribution in [-0.2, 0) is 16.1 Å². The molecule has 3 rings (SSSR count). The summed E-state index contributed by atoms with van der Waals surface area (Å²) in [5.41, 5.74) is 4.16. The van der Waals surface area contributed by atoms with Crippen LogP contribution < -0.4 is 10.6 Å². The molecule has 1 fully saturated rings. The number of rotatable bonds is 5. The number of hydrogen-bond donors (Lipinski definition) is 2. The molecule has 1 amide bonds. The molecule has 2 N–H and O–H groups in total. The van der Waals surface area contributed by atoms with Crippen molar-refractivity contribution in [3.63, 3.8) is 0 Å². The number of carbonyl (C=O) groups excluding carboxylic acids is 1. The fourth-order valence-electron chi connectivity index (χ4n) is 2.89. The highest BCUT2D eigenvalue weighted by molar-refractivity contribution is 5.97. The van der Waals surface area contributed by atoms with Gasteiger partial charge in [0.05, 0.1) is 18.0 Å². The van der Waals surface area contributed by atoms with E-state index in [-0.39, 0.29) is 5.91 Å². The third kappa shape index (κ3) is 4.59.